The summed E-state index contributed by atoms with van der Waals surface area (Å²) in [5.41, 5.74) is 1.92. The van der Waals surface area contributed by atoms with Crippen LogP contribution >= 0.6 is 11.8 Å². The number of sulfone groups is 1. The fourth-order valence-corrected chi connectivity index (χ4v) is 5.36. The Morgan fingerprint density at radius 3 is 2.63 bits per heavy atom. The SMILES string of the molecule is Cc1ccc(NC(=O)CSC2CCS(=O)(=O)C2)cc1. The van der Waals surface area contributed by atoms with Gasteiger partial charge >= 0.3 is 0 Å². The molecule has 0 aliphatic carbocycles. The summed E-state index contributed by atoms with van der Waals surface area (Å²) in [5.74, 6) is 0.673. The topological polar surface area (TPSA) is 63.2 Å². The van der Waals surface area contributed by atoms with Crippen LogP contribution in [0.4, 0.5) is 5.69 Å². The Labute approximate surface area is 117 Å². The normalized spacial score (nSPS) is 21.2. The number of aryl methyl sites for hydroxylation is 1. The molecule has 104 valence electrons. The average Bonchev–Trinajstić information content (AvgIpc) is 2.69. The molecule has 1 unspecified atom stereocenters. The van der Waals surface area contributed by atoms with Crippen LogP contribution in [0.25, 0.3) is 0 Å². The molecule has 1 aromatic rings. The summed E-state index contributed by atoms with van der Waals surface area (Å²) in [4.78, 5) is 11.7. The summed E-state index contributed by atoms with van der Waals surface area (Å²) in [6, 6.07) is 7.59. The highest BCUT2D eigenvalue weighted by atomic mass is 32.2. The highest BCUT2D eigenvalue weighted by Gasteiger charge is 2.28. The Hall–Kier alpha value is -1.01. The molecular weight excluding hydrogens is 282 g/mol. The standard InChI is InChI=1S/C13H17NO3S2/c1-10-2-4-11(5-3-10)14-13(15)8-18-12-6-7-19(16,17)9-12/h2-5,12H,6-9H2,1H3,(H,14,15). The molecule has 6 heteroatoms. The third kappa shape index (κ3) is 4.54. The number of anilines is 1. The van der Waals surface area contributed by atoms with E-state index in [4.69, 9.17) is 0 Å². The minimum absolute atomic E-state index is 0.0637. The number of thioether (sulfide) groups is 1. The van der Waals surface area contributed by atoms with Crippen molar-refractivity contribution in [1.29, 1.82) is 0 Å². The zero-order chi connectivity index (χ0) is 13.9. The van der Waals surface area contributed by atoms with E-state index < -0.39 is 9.84 Å². The molecular formula is C13H17NO3S2. The van der Waals surface area contributed by atoms with Crippen LogP contribution in [0.5, 0.6) is 0 Å². The molecule has 0 radical (unpaired) electrons. The van der Waals surface area contributed by atoms with Crippen LogP contribution in [0.1, 0.15) is 12.0 Å². The van der Waals surface area contributed by atoms with Crippen molar-refractivity contribution in [2.24, 2.45) is 0 Å². The molecule has 1 aromatic carbocycles. The molecule has 1 amide bonds. The van der Waals surface area contributed by atoms with Gasteiger partial charge in [-0.1, -0.05) is 17.7 Å². The molecule has 1 saturated heterocycles. The summed E-state index contributed by atoms with van der Waals surface area (Å²) in [5, 5.41) is 2.87. The van der Waals surface area contributed by atoms with E-state index in [1.807, 2.05) is 31.2 Å². The Morgan fingerprint density at radius 1 is 1.37 bits per heavy atom. The van der Waals surface area contributed by atoms with Gasteiger partial charge < -0.3 is 5.32 Å². The van der Waals surface area contributed by atoms with E-state index in [0.717, 1.165) is 11.3 Å². The molecule has 0 aromatic heterocycles. The third-order valence-corrected chi connectivity index (χ3v) is 6.26. The predicted molar refractivity (Wildman–Crippen MR) is 79.3 cm³/mol. The van der Waals surface area contributed by atoms with E-state index in [0.29, 0.717) is 12.2 Å². The van der Waals surface area contributed by atoms with Crippen molar-refractivity contribution in [2.75, 3.05) is 22.6 Å². The van der Waals surface area contributed by atoms with Gasteiger partial charge in [-0.2, -0.15) is 0 Å². The van der Waals surface area contributed by atoms with Gasteiger partial charge in [-0.3, -0.25) is 4.79 Å². The van der Waals surface area contributed by atoms with E-state index >= 15 is 0 Å². The van der Waals surface area contributed by atoms with Crippen LogP contribution in [0.3, 0.4) is 0 Å². The highest BCUT2D eigenvalue weighted by molar-refractivity contribution is 8.02. The summed E-state index contributed by atoms with van der Waals surface area (Å²) in [6.07, 6.45) is 0.658. The first-order valence-corrected chi connectivity index (χ1v) is 9.00. The van der Waals surface area contributed by atoms with E-state index in [-0.39, 0.29) is 22.7 Å². The molecule has 2 rings (SSSR count). The van der Waals surface area contributed by atoms with Gasteiger partial charge in [0.05, 0.1) is 17.3 Å². The Kier molecular flexibility index (Phi) is 4.52. The maximum atomic E-state index is 11.7. The van der Waals surface area contributed by atoms with Crippen LogP contribution in [0.2, 0.25) is 0 Å². The van der Waals surface area contributed by atoms with Crippen molar-refractivity contribution in [1.82, 2.24) is 0 Å². The second-order valence-corrected chi connectivity index (χ2v) is 8.27. The zero-order valence-corrected chi connectivity index (χ0v) is 12.4. The third-order valence-electron chi connectivity index (χ3n) is 2.98. The molecule has 1 N–H and O–H groups in total. The van der Waals surface area contributed by atoms with Gasteiger partial charge in [0.1, 0.15) is 0 Å². The monoisotopic (exact) mass is 299 g/mol. The average molecular weight is 299 g/mol. The lowest BCUT2D eigenvalue weighted by Gasteiger charge is -2.08. The minimum atomic E-state index is -2.86. The summed E-state index contributed by atoms with van der Waals surface area (Å²) in [7, 11) is -2.86. The van der Waals surface area contributed by atoms with Gasteiger partial charge in [-0.25, -0.2) is 8.42 Å². The first-order valence-electron chi connectivity index (χ1n) is 6.13. The number of nitrogens with one attached hydrogen (secondary N) is 1. The lowest BCUT2D eigenvalue weighted by molar-refractivity contribution is -0.113. The van der Waals surface area contributed by atoms with Gasteiger partial charge in [0.2, 0.25) is 5.91 Å². The molecule has 1 fully saturated rings. The van der Waals surface area contributed by atoms with Crippen LogP contribution in [-0.4, -0.2) is 36.8 Å². The number of benzene rings is 1. The van der Waals surface area contributed by atoms with Crippen molar-refractivity contribution in [3.63, 3.8) is 0 Å². The van der Waals surface area contributed by atoms with Crippen molar-refractivity contribution in [3.05, 3.63) is 29.8 Å². The fourth-order valence-electron chi connectivity index (χ4n) is 1.92. The van der Waals surface area contributed by atoms with E-state index in [1.165, 1.54) is 11.8 Å². The molecule has 1 atom stereocenters. The van der Waals surface area contributed by atoms with E-state index in [9.17, 15) is 13.2 Å². The Bertz CT molecular complexity index is 552. The second-order valence-electron chi connectivity index (χ2n) is 4.75. The van der Waals surface area contributed by atoms with Crippen molar-refractivity contribution in [2.45, 2.75) is 18.6 Å². The number of amides is 1. The highest BCUT2D eigenvalue weighted by Crippen LogP contribution is 2.24. The van der Waals surface area contributed by atoms with Crippen molar-refractivity contribution in [3.8, 4) is 0 Å². The Morgan fingerprint density at radius 2 is 2.05 bits per heavy atom. The molecule has 1 aliphatic rings. The van der Waals surface area contributed by atoms with Gasteiger partial charge in [0.15, 0.2) is 9.84 Å². The maximum Gasteiger partial charge on any atom is 0.234 e. The summed E-state index contributed by atoms with van der Waals surface area (Å²) in [6.45, 7) is 1.99. The number of carbonyl (C=O) groups excluding carboxylic acids is 1. The first kappa shape index (κ1) is 14.4. The lowest BCUT2D eigenvalue weighted by atomic mass is 10.2. The summed E-state index contributed by atoms with van der Waals surface area (Å²) < 4.78 is 22.6. The molecule has 19 heavy (non-hydrogen) atoms. The minimum Gasteiger partial charge on any atom is -0.325 e. The largest absolute Gasteiger partial charge is 0.325 e. The smallest absolute Gasteiger partial charge is 0.234 e. The van der Waals surface area contributed by atoms with Crippen molar-refractivity contribution < 1.29 is 13.2 Å². The predicted octanol–water partition coefficient (Wildman–Crippen LogP) is 1.85. The zero-order valence-electron chi connectivity index (χ0n) is 10.8. The fraction of sp³-hybridized carbons (Fsp3) is 0.462. The van der Waals surface area contributed by atoms with Gasteiger partial charge in [-0.15, -0.1) is 11.8 Å². The van der Waals surface area contributed by atoms with E-state index in [1.54, 1.807) is 0 Å². The summed E-state index contributed by atoms with van der Waals surface area (Å²) >= 11 is 1.43. The molecule has 4 nitrogen and oxygen atoms in total. The van der Waals surface area contributed by atoms with Gasteiger partial charge in [0.25, 0.3) is 0 Å². The van der Waals surface area contributed by atoms with Crippen LogP contribution in [0.15, 0.2) is 24.3 Å². The number of hydrogen-bond acceptors (Lipinski definition) is 4. The number of hydrogen-bond donors (Lipinski definition) is 1. The number of rotatable bonds is 4. The molecule has 1 aliphatic heterocycles. The van der Waals surface area contributed by atoms with Crippen LogP contribution < -0.4 is 5.32 Å². The molecule has 0 spiro atoms. The molecule has 0 saturated carbocycles. The quantitative estimate of drug-likeness (QED) is 0.921. The molecule has 0 bridgehead atoms. The first-order chi connectivity index (χ1) is 8.94. The Balaban J connectivity index is 1.78. The maximum absolute atomic E-state index is 11.7. The van der Waals surface area contributed by atoms with E-state index in [2.05, 4.69) is 5.32 Å². The second kappa shape index (κ2) is 5.96. The van der Waals surface area contributed by atoms with Crippen LogP contribution in [-0.2, 0) is 14.6 Å². The van der Waals surface area contributed by atoms with Gasteiger partial charge in [-0.05, 0) is 25.5 Å². The molecule has 1 heterocycles. The number of carbonyl (C=O) groups is 1. The van der Waals surface area contributed by atoms with Crippen LogP contribution in [0, 0.1) is 6.92 Å². The lowest BCUT2D eigenvalue weighted by Crippen LogP contribution is -2.17. The van der Waals surface area contributed by atoms with Gasteiger partial charge in [0, 0.05) is 10.9 Å². The van der Waals surface area contributed by atoms with Crippen molar-refractivity contribution >= 4 is 33.2 Å².